The molecule has 0 aliphatic carbocycles. The van der Waals surface area contributed by atoms with Gasteiger partial charge in [-0.25, -0.2) is 0 Å². The smallest absolute Gasteiger partial charge is 0.335 e. The summed E-state index contributed by atoms with van der Waals surface area (Å²) in [6.45, 7) is 3.14. The number of hydrogen-bond acceptors (Lipinski definition) is 3. The Bertz CT molecular complexity index is 1040. The van der Waals surface area contributed by atoms with E-state index in [0.717, 1.165) is 17.5 Å². The largest absolute Gasteiger partial charge is 0.471 e. The summed E-state index contributed by atoms with van der Waals surface area (Å²) < 4.78 is 38.3. The lowest BCUT2D eigenvalue weighted by Gasteiger charge is -2.36. The van der Waals surface area contributed by atoms with Gasteiger partial charge in [-0.3, -0.25) is 14.4 Å². The van der Waals surface area contributed by atoms with Crippen molar-refractivity contribution in [3.8, 4) is 0 Å². The summed E-state index contributed by atoms with van der Waals surface area (Å²) in [7, 11) is 0. The summed E-state index contributed by atoms with van der Waals surface area (Å²) in [4.78, 5) is 38.9. The van der Waals surface area contributed by atoms with Crippen LogP contribution in [-0.2, 0) is 27.3 Å². The molecule has 1 N–H and O–H groups in total. The Balaban J connectivity index is 1.72. The number of hydrogen-bond donors (Lipinski definition) is 1. The summed E-state index contributed by atoms with van der Waals surface area (Å²) in [5, 5.41) is 2.77. The van der Waals surface area contributed by atoms with Crippen LogP contribution in [-0.4, -0.2) is 46.8 Å². The Morgan fingerprint density at radius 3 is 2.52 bits per heavy atom. The van der Waals surface area contributed by atoms with Crippen LogP contribution in [0.4, 0.5) is 18.9 Å². The number of nitrogens with zero attached hydrogens (tertiary/aromatic N) is 2. The topological polar surface area (TPSA) is 69.7 Å². The second-order valence-electron chi connectivity index (χ2n) is 7.95. The maximum absolute atomic E-state index is 12.8. The molecule has 176 valence electrons. The van der Waals surface area contributed by atoms with Crippen LogP contribution in [0.25, 0.3) is 0 Å². The van der Waals surface area contributed by atoms with Gasteiger partial charge in [-0.1, -0.05) is 36.4 Å². The van der Waals surface area contributed by atoms with Crippen molar-refractivity contribution in [1.82, 2.24) is 9.80 Å². The highest BCUT2D eigenvalue weighted by Crippen LogP contribution is 2.32. The van der Waals surface area contributed by atoms with E-state index < -0.39 is 18.1 Å². The van der Waals surface area contributed by atoms with Gasteiger partial charge in [0.2, 0.25) is 11.8 Å². The van der Waals surface area contributed by atoms with E-state index in [1.165, 1.54) is 13.8 Å². The molecule has 0 fully saturated rings. The Kier molecular flexibility index (Phi) is 7.40. The van der Waals surface area contributed by atoms with E-state index >= 15 is 0 Å². The van der Waals surface area contributed by atoms with E-state index in [4.69, 9.17) is 0 Å². The highest BCUT2D eigenvalue weighted by molar-refractivity contribution is 5.92. The zero-order valence-electron chi connectivity index (χ0n) is 18.5. The number of fused-ring (bicyclic) bond motifs is 1. The number of benzene rings is 2. The quantitative estimate of drug-likeness (QED) is 0.705. The molecule has 0 bridgehead atoms. The number of halogens is 3. The molecule has 1 atom stereocenters. The first-order chi connectivity index (χ1) is 15.6. The second kappa shape index (κ2) is 10.1. The molecule has 0 saturated heterocycles. The van der Waals surface area contributed by atoms with Crippen LogP contribution in [0.15, 0.2) is 48.5 Å². The number of carbonyl (C=O) groups excluding carboxylic acids is 3. The highest BCUT2D eigenvalue weighted by Gasteiger charge is 2.42. The minimum atomic E-state index is -4.94. The fourth-order valence-corrected chi connectivity index (χ4v) is 4.11. The van der Waals surface area contributed by atoms with Crippen molar-refractivity contribution in [2.75, 3.05) is 18.4 Å². The van der Waals surface area contributed by atoms with Crippen molar-refractivity contribution < 1.29 is 27.6 Å². The van der Waals surface area contributed by atoms with Gasteiger partial charge < -0.3 is 15.1 Å². The van der Waals surface area contributed by atoms with Crippen molar-refractivity contribution in [2.24, 2.45) is 0 Å². The second-order valence-corrected chi connectivity index (χ2v) is 7.95. The third-order valence-corrected chi connectivity index (χ3v) is 5.69. The monoisotopic (exact) mass is 461 g/mol. The molecule has 1 heterocycles. The Hall–Kier alpha value is -3.36. The lowest BCUT2D eigenvalue weighted by atomic mass is 9.90. The van der Waals surface area contributed by atoms with Crippen LogP contribution in [0.3, 0.4) is 0 Å². The Labute approximate surface area is 190 Å². The zero-order chi connectivity index (χ0) is 24.2. The van der Waals surface area contributed by atoms with Crippen LogP contribution in [0.1, 0.15) is 43.0 Å². The molecule has 2 aromatic rings. The molecule has 1 aliphatic rings. The first-order valence-corrected chi connectivity index (χ1v) is 10.7. The van der Waals surface area contributed by atoms with Gasteiger partial charge in [0.15, 0.2) is 0 Å². The van der Waals surface area contributed by atoms with Gasteiger partial charge >= 0.3 is 12.1 Å². The van der Waals surface area contributed by atoms with E-state index in [-0.39, 0.29) is 31.3 Å². The van der Waals surface area contributed by atoms with E-state index in [2.05, 4.69) is 5.32 Å². The normalized spacial score (nSPS) is 15.5. The Morgan fingerprint density at radius 1 is 1.12 bits per heavy atom. The number of alkyl halides is 3. The van der Waals surface area contributed by atoms with Crippen molar-refractivity contribution >= 4 is 23.4 Å². The van der Waals surface area contributed by atoms with E-state index in [0.29, 0.717) is 22.7 Å². The molecule has 0 aromatic heterocycles. The highest BCUT2D eigenvalue weighted by atomic mass is 19.4. The van der Waals surface area contributed by atoms with Gasteiger partial charge in [0.25, 0.3) is 0 Å². The van der Waals surface area contributed by atoms with E-state index in [1.807, 2.05) is 24.3 Å². The van der Waals surface area contributed by atoms with Gasteiger partial charge in [-0.05, 0) is 42.2 Å². The summed E-state index contributed by atoms with van der Waals surface area (Å²) in [6, 6.07) is 13.7. The molecule has 6 nitrogen and oxygen atoms in total. The maximum atomic E-state index is 12.8. The van der Waals surface area contributed by atoms with Crippen LogP contribution in [0, 0.1) is 0 Å². The molecule has 2 aromatic carbocycles. The summed E-state index contributed by atoms with van der Waals surface area (Å²) in [5.74, 6) is -2.34. The van der Waals surface area contributed by atoms with Gasteiger partial charge in [-0.2, -0.15) is 13.2 Å². The van der Waals surface area contributed by atoms with E-state index in [9.17, 15) is 27.6 Å². The van der Waals surface area contributed by atoms with Gasteiger partial charge in [0.1, 0.15) is 0 Å². The maximum Gasteiger partial charge on any atom is 0.471 e. The minimum Gasteiger partial charge on any atom is -0.335 e. The molecule has 0 saturated carbocycles. The molecule has 0 spiro atoms. The molecule has 33 heavy (non-hydrogen) atoms. The number of anilines is 1. The molecule has 0 radical (unpaired) electrons. The number of rotatable bonds is 6. The molecule has 3 rings (SSSR count). The molecule has 1 aliphatic heterocycles. The Morgan fingerprint density at radius 2 is 1.85 bits per heavy atom. The van der Waals surface area contributed by atoms with Crippen molar-refractivity contribution in [2.45, 2.75) is 45.5 Å². The SMILES string of the molecule is CCN(Cc1cccc(NC(=O)CC2c3ccccc3CCN2C(C)=O)c1)C(=O)C(F)(F)F. The summed E-state index contributed by atoms with van der Waals surface area (Å²) in [5.41, 5.74) is 2.91. The predicted octanol–water partition coefficient (Wildman–Crippen LogP) is 4.07. The molecule has 1 unspecified atom stereocenters. The van der Waals surface area contributed by atoms with Crippen LogP contribution in [0.2, 0.25) is 0 Å². The molecular formula is C24H26F3N3O3. The lowest BCUT2D eigenvalue weighted by Crippen LogP contribution is -2.40. The summed E-state index contributed by atoms with van der Waals surface area (Å²) in [6.07, 6.45) is -4.17. The molecule has 9 heteroatoms. The first kappa shape index (κ1) is 24.3. The fraction of sp³-hybridized carbons (Fsp3) is 0.375. The van der Waals surface area contributed by atoms with Crippen molar-refractivity contribution in [1.29, 1.82) is 0 Å². The van der Waals surface area contributed by atoms with Gasteiger partial charge in [0, 0.05) is 32.2 Å². The number of nitrogens with one attached hydrogen (secondary N) is 1. The zero-order valence-corrected chi connectivity index (χ0v) is 18.5. The van der Waals surface area contributed by atoms with Crippen molar-refractivity contribution in [3.05, 3.63) is 65.2 Å². The average Bonchev–Trinajstić information content (AvgIpc) is 2.76. The minimum absolute atomic E-state index is 0.0501. The van der Waals surface area contributed by atoms with E-state index in [1.54, 1.807) is 29.2 Å². The standard InChI is InChI=1S/C24H26F3N3O3/c1-3-29(23(33)24(25,26)27)15-17-7-6-9-19(13-17)28-22(32)14-21-20-10-5-4-8-18(20)11-12-30(21)16(2)31/h4-10,13,21H,3,11-12,14-15H2,1-2H3,(H,28,32). The number of amides is 3. The molecule has 3 amide bonds. The first-order valence-electron chi connectivity index (χ1n) is 10.7. The average molecular weight is 461 g/mol. The van der Waals surface area contributed by atoms with Crippen LogP contribution in [0.5, 0.6) is 0 Å². The molecular weight excluding hydrogens is 435 g/mol. The third-order valence-electron chi connectivity index (χ3n) is 5.69. The van der Waals surface area contributed by atoms with Crippen molar-refractivity contribution in [3.63, 3.8) is 0 Å². The fourth-order valence-electron chi connectivity index (χ4n) is 4.11. The third kappa shape index (κ3) is 5.91. The summed E-state index contributed by atoms with van der Waals surface area (Å²) >= 11 is 0. The lowest BCUT2D eigenvalue weighted by molar-refractivity contribution is -0.185. The van der Waals surface area contributed by atoms with Gasteiger partial charge in [0.05, 0.1) is 12.5 Å². The van der Waals surface area contributed by atoms with Gasteiger partial charge in [-0.15, -0.1) is 0 Å². The predicted molar refractivity (Wildman–Crippen MR) is 117 cm³/mol. The number of carbonyl (C=O) groups is 3. The van der Waals surface area contributed by atoms with Crippen LogP contribution < -0.4 is 5.32 Å². The van der Waals surface area contributed by atoms with Crippen LogP contribution >= 0.6 is 0 Å².